The molecule has 3 heteroatoms. The number of methoxy groups -OCH3 is 1. The summed E-state index contributed by atoms with van der Waals surface area (Å²) in [5, 5.41) is 0. The minimum absolute atomic E-state index is 0.119. The van der Waals surface area contributed by atoms with E-state index in [-0.39, 0.29) is 17.5 Å². The number of fused-ring (bicyclic) bond motifs is 5. The van der Waals surface area contributed by atoms with Gasteiger partial charge in [0.1, 0.15) is 11.9 Å². The predicted molar refractivity (Wildman–Crippen MR) is 93.0 cm³/mol. The third-order valence-corrected chi connectivity index (χ3v) is 7.20. The van der Waals surface area contributed by atoms with Gasteiger partial charge in [0.05, 0.1) is 7.11 Å². The fourth-order valence-corrected chi connectivity index (χ4v) is 6.05. The fraction of sp³-hybridized carbons (Fsp3) is 0.667. The van der Waals surface area contributed by atoms with Crippen LogP contribution in [0.2, 0.25) is 0 Å². The number of rotatable bonds is 2. The summed E-state index contributed by atoms with van der Waals surface area (Å²) in [6.45, 7) is 3.91. The van der Waals surface area contributed by atoms with Crippen LogP contribution in [-0.4, -0.2) is 19.2 Å². The van der Waals surface area contributed by atoms with Gasteiger partial charge >= 0.3 is 5.97 Å². The molecule has 24 heavy (non-hydrogen) atoms. The second-order valence-corrected chi connectivity index (χ2v) is 8.23. The third kappa shape index (κ3) is 2.35. The van der Waals surface area contributed by atoms with Crippen molar-refractivity contribution in [1.29, 1.82) is 0 Å². The Labute approximate surface area is 144 Å². The first-order valence-corrected chi connectivity index (χ1v) is 9.34. The monoisotopic (exact) mass is 328 g/mol. The van der Waals surface area contributed by atoms with Gasteiger partial charge in [-0.05, 0) is 67.6 Å². The van der Waals surface area contributed by atoms with E-state index in [9.17, 15) is 4.79 Å². The molecule has 0 amide bonds. The lowest BCUT2D eigenvalue weighted by Crippen LogP contribution is -2.47. The largest absolute Gasteiger partial charge is 0.497 e. The van der Waals surface area contributed by atoms with E-state index in [4.69, 9.17) is 9.47 Å². The number of carbonyl (C=O) groups is 1. The van der Waals surface area contributed by atoms with E-state index in [0.717, 1.165) is 30.4 Å². The number of esters is 1. The molecule has 0 aromatic heterocycles. The SMILES string of the molecule is COC1=CC2=CC[C@@H]3[C@H](CC[C@]4(C)[C@@H](OC(C)=O)CC[C@@H]34)[C@H]2C=C1. The summed E-state index contributed by atoms with van der Waals surface area (Å²) in [6, 6.07) is 0. The molecule has 2 saturated carbocycles. The van der Waals surface area contributed by atoms with Crippen LogP contribution in [0.3, 0.4) is 0 Å². The van der Waals surface area contributed by atoms with Crippen molar-refractivity contribution in [2.75, 3.05) is 7.11 Å². The van der Waals surface area contributed by atoms with Gasteiger partial charge < -0.3 is 9.47 Å². The molecule has 0 aliphatic heterocycles. The minimum atomic E-state index is -0.123. The van der Waals surface area contributed by atoms with Gasteiger partial charge in [0.15, 0.2) is 0 Å². The molecule has 0 spiro atoms. The van der Waals surface area contributed by atoms with Gasteiger partial charge in [0, 0.05) is 18.3 Å². The van der Waals surface area contributed by atoms with E-state index in [1.165, 1.54) is 24.8 Å². The Hall–Kier alpha value is -1.51. The number of carbonyl (C=O) groups excluding carboxylic acids is 1. The van der Waals surface area contributed by atoms with Gasteiger partial charge in [-0.15, -0.1) is 0 Å². The maximum atomic E-state index is 11.5. The van der Waals surface area contributed by atoms with Crippen LogP contribution in [0.1, 0.15) is 46.0 Å². The molecule has 6 atom stereocenters. The Morgan fingerprint density at radius 2 is 2.08 bits per heavy atom. The van der Waals surface area contributed by atoms with Gasteiger partial charge in [0.2, 0.25) is 0 Å². The van der Waals surface area contributed by atoms with Crippen molar-refractivity contribution < 1.29 is 14.3 Å². The molecule has 130 valence electrons. The predicted octanol–water partition coefficient (Wildman–Crippen LogP) is 4.41. The van der Waals surface area contributed by atoms with Crippen LogP contribution in [0, 0.1) is 29.1 Å². The van der Waals surface area contributed by atoms with Crippen LogP contribution in [0.15, 0.2) is 35.6 Å². The Morgan fingerprint density at radius 1 is 1.25 bits per heavy atom. The summed E-state index contributed by atoms with van der Waals surface area (Å²) >= 11 is 0. The van der Waals surface area contributed by atoms with E-state index >= 15 is 0 Å². The Bertz CT molecular complexity index is 629. The van der Waals surface area contributed by atoms with E-state index < -0.39 is 0 Å². The molecule has 0 heterocycles. The number of ether oxygens (including phenoxy) is 2. The summed E-state index contributed by atoms with van der Waals surface area (Å²) < 4.78 is 11.1. The topological polar surface area (TPSA) is 35.5 Å². The maximum Gasteiger partial charge on any atom is 0.302 e. The summed E-state index contributed by atoms with van der Waals surface area (Å²) in [6.07, 6.45) is 15.1. The molecule has 4 aliphatic rings. The maximum absolute atomic E-state index is 11.5. The summed E-state index contributed by atoms with van der Waals surface area (Å²) in [5.74, 6) is 3.51. The van der Waals surface area contributed by atoms with Crippen LogP contribution in [0.4, 0.5) is 0 Å². The quantitative estimate of drug-likeness (QED) is 0.705. The van der Waals surface area contributed by atoms with Gasteiger partial charge in [-0.2, -0.15) is 0 Å². The van der Waals surface area contributed by atoms with Crippen molar-refractivity contribution in [3.8, 4) is 0 Å². The van der Waals surface area contributed by atoms with Crippen molar-refractivity contribution in [2.24, 2.45) is 29.1 Å². The molecule has 2 fully saturated rings. The average molecular weight is 328 g/mol. The summed E-state index contributed by atoms with van der Waals surface area (Å²) in [7, 11) is 1.74. The molecular formula is C21H28O3. The van der Waals surface area contributed by atoms with Crippen LogP contribution in [-0.2, 0) is 14.3 Å². The van der Waals surface area contributed by atoms with Gasteiger partial charge in [-0.3, -0.25) is 4.79 Å². The zero-order valence-corrected chi connectivity index (χ0v) is 15.0. The van der Waals surface area contributed by atoms with E-state index in [0.29, 0.717) is 11.8 Å². The first-order valence-electron chi connectivity index (χ1n) is 9.34. The third-order valence-electron chi connectivity index (χ3n) is 7.20. The summed E-state index contributed by atoms with van der Waals surface area (Å²) in [4.78, 5) is 11.5. The van der Waals surface area contributed by atoms with Crippen LogP contribution >= 0.6 is 0 Å². The summed E-state index contributed by atoms with van der Waals surface area (Å²) in [5.41, 5.74) is 1.61. The Kier molecular flexibility index (Phi) is 3.85. The standard InChI is InChI=1S/C21H28O3/c1-13(22)24-20-9-8-19-18-6-4-14-12-15(23-3)5-7-16(14)17(18)10-11-21(19,20)2/h4-5,7,12,16-20H,6,8-11H2,1-3H3/t16-,17+,18+,19-,20-,21-/m0/s1. The molecule has 0 radical (unpaired) electrons. The highest BCUT2D eigenvalue weighted by atomic mass is 16.5. The van der Waals surface area contributed by atoms with Crippen molar-refractivity contribution in [3.63, 3.8) is 0 Å². The Morgan fingerprint density at radius 3 is 2.83 bits per heavy atom. The molecule has 0 aromatic rings. The highest BCUT2D eigenvalue weighted by Crippen LogP contribution is 2.61. The van der Waals surface area contributed by atoms with Crippen molar-refractivity contribution in [3.05, 3.63) is 35.6 Å². The van der Waals surface area contributed by atoms with E-state index in [2.05, 4.69) is 31.2 Å². The number of hydrogen-bond acceptors (Lipinski definition) is 3. The Balaban J connectivity index is 1.59. The zero-order chi connectivity index (χ0) is 16.9. The van der Waals surface area contributed by atoms with Crippen LogP contribution < -0.4 is 0 Å². The highest BCUT2D eigenvalue weighted by molar-refractivity contribution is 5.66. The normalized spacial score (nSPS) is 43.0. The highest BCUT2D eigenvalue weighted by Gasteiger charge is 2.56. The molecular weight excluding hydrogens is 300 g/mol. The first kappa shape index (κ1) is 16.0. The van der Waals surface area contributed by atoms with Crippen molar-refractivity contribution in [1.82, 2.24) is 0 Å². The van der Waals surface area contributed by atoms with Gasteiger partial charge in [-0.25, -0.2) is 0 Å². The van der Waals surface area contributed by atoms with Crippen LogP contribution in [0.5, 0.6) is 0 Å². The smallest absolute Gasteiger partial charge is 0.302 e. The molecule has 4 rings (SSSR count). The first-order chi connectivity index (χ1) is 11.5. The minimum Gasteiger partial charge on any atom is -0.497 e. The van der Waals surface area contributed by atoms with Crippen molar-refractivity contribution in [2.45, 2.75) is 52.1 Å². The molecule has 3 nitrogen and oxygen atoms in total. The van der Waals surface area contributed by atoms with Crippen molar-refractivity contribution >= 4 is 5.97 Å². The second-order valence-electron chi connectivity index (χ2n) is 8.23. The number of allylic oxidation sites excluding steroid dienone is 5. The lowest BCUT2D eigenvalue weighted by Gasteiger charge is -2.51. The van der Waals surface area contributed by atoms with E-state index in [1.807, 2.05) is 0 Å². The lowest BCUT2D eigenvalue weighted by atomic mass is 9.54. The molecule has 0 saturated heterocycles. The van der Waals surface area contributed by atoms with E-state index in [1.54, 1.807) is 14.0 Å². The molecule has 4 aliphatic carbocycles. The lowest BCUT2D eigenvalue weighted by molar-refractivity contribution is -0.155. The molecule has 0 bridgehead atoms. The zero-order valence-electron chi connectivity index (χ0n) is 15.0. The second kappa shape index (κ2) is 5.79. The fourth-order valence-electron chi connectivity index (χ4n) is 6.05. The number of hydrogen-bond donors (Lipinski definition) is 0. The van der Waals surface area contributed by atoms with Crippen LogP contribution in [0.25, 0.3) is 0 Å². The van der Waals surface area contributed by atoms with Gasteiger partial charge in [0.25, 0.3) is 0 Å². The molecule has 0 N–H and O–H groups in total. The average Bonchev–Trinajstić information content (AvgIpc) is 2.90. The molecule has 0 aromatic carbocycles. The molecule has 0 unspecified atom stereocenters. The van der Waals surface area contributed by atoms with Gasteiger partial charge in [-0.1, -0.05) is 19.1 Å².